The summed E-state index contributed by atoms with van der Waals surface area (Å²) in [5.41, 5.74) is 0.480. The van der Waals surface area contributed by atoms with Crippen molar-refractivity contribution in [1.29, 1.82) is 0 Å². The van der Waals surface area contributed by atoms with Gasteiger partial charge in [0.25, 0.3) is 5.91 Å². The van der Waals surface area contributed by atoms with E-state index in [0.29, 0.717) is 17.7 Å². The number of methoxy groups -OCH3 is 1. The smallest absolute Gasteiger partial charge is 0.543 e. The molecular weight excluding hydrogens is 405 g/mol. The minimum absolute atomic E-state index is 0. The maximum absolute atomic E-state index is 12.7. The number of anilines is 1. The van der Waals surface area contributed by atoms with Crippen LogP contribution in [0.5, 0.6) is 5.75 Å². The second kappa shape index (κ2) is 8.29. The molecule has 3 heterocycles. The molecule has 0 radical (unpaired) electrons. The maximum Gasteiger partial charge on any atom is 1.00 e. The van der Waals surface area contributed by atoms with Crippen molar-refractivity contribution < 1.29 is 63.7 Å². The fourth-order valence-corrected chi connectivity index (χ4v) is 4.41. The molecule has 3 atom stereocenters. The first kappa shape index (κ1) is 22.1. The molecule has 0 bridgehead atoms. The average Bonchev–Trinajstić information content (AvgIpc) is 3.01. The van der Waals surface area contributed by atoms with Crippen molar-refractivity contribution in [3.63, 3.8) is 0 Å². The molecule has 0 aromatic heterocycles. The first-order chi connectivity index (χ1) is 13.8. The summed E-state index contributed by atoms with van der Waals surface area (Å²) in [6.45, 7) is 0.223. The summed E-state index contributed by atoms with van der Waals surface area (Å²) in [6, 6.07) is 4.05. The molecule has 1 aromatic carbocycles. The van der Waals surface area contributed by atoms with Crippen molar-refractivity contribution in [3.8, 4) is 5.75 Å². The summed E-state index contributed by atoms with van der Waals surface area (Å²) in [5, 5.41) is 23.7. The van der Waals surface area contributed by atoms with E-state index in [2.05, 4.69) is 10.1 Å². The Balaban J connectivity index is 0.00000256. The monoisotopic (exact) mass is 423 g/mol. The predicted molar refractivity (Wildman–Crippen MR) is 95.0 cm³/mol. The number of phenols is 1. The zero-order valence-corrected chi connectivity index (χ0v) is 18.5. The molecule has 30 heavy (non-hydrogen) atoms. The van der Waals surface area contributed by atoms with Crippen molar-refractivity contribution in [2.75, 3.05) is 19.0 Å². The van der Waals surface area contributed by atoms with Crippen LogP contribution in [0, 0.1) is 5.92 Å². The molecule has 2 saturated heterocycles. The Kier molecular flexibility index (Phi) is 6.11. The third-order valence-corrected chi connectivity index (χ3v) is 5.67. The van der Waals surface area contributed by atoms with Gasteiger partial charge in [-0.2, -0.15) is 0 Å². The molecule has 11 heteroatoms. The van der Waals surface area contributed by atoms with Gasteiger partial charge in [0.1, 0.15) is 11.8 Å². The number of carbonyl (C=O) groups excluding carboxylic acids is 4. The molecule has 3 amide bonds. The number of benzene rings is 1. The topological polar surface area (TPSA) is 139 Å². The Morgan fingerprint density at radius 2 is 1.93 bits per heavy atom. The van der Waals surface area contributed by atoms with Gasteiger partial charge in [0, 0.05) is 18.2 Å². The largest absolute Gasteiger partial charge is 1.00 e. The molecule has 10 nitrogen and oxygen atoms in total. The number of carboxylic acids is 1. The number of ether oxygens (including phenoxy) is 1. The number of amides is 3. The van der Waals surface area contributed by atoms with Gasteiger partial charge in [-0.15, -0.1) is 0 Å². The number of esters is 1. The van der Waals surface area contributed by atoms with Gasteiger partial charge in [-0.3, -0.25) is 9.59 Å². The molecule has 152 valence electrons. The first-order valence-electron chi connectivity index (χ1n) is 9.04. The van der Waals surface area contributed by atoms with Gasteiger partial charge >= 0.3 is 41.6 Å². The molecule has 4 rings (SSSR count). The number of nitrogens with zero attached hydrogens (tertiary/aromatic N) is 2. The van der Waals surface area contributed by atoms with E-state index in [1.807, 2.05) is 0 Å². The summed E-state index contributed by atoms with van der Waals surface area (Å²) in [4.78, 5) is 51.3. The third-order valence-electron chi connectivity index (χ3n) is 5.67. The van der Waals surface area contributed by atoms with E-state index in [1.54, 1.807) is 0 Å². The van der Waals surface area contributed by atoms with Gasteiger partial charge in [-0.05, 0) is 36.3 Å². The Labute approximate surface area is 193 Å². The number of carboxylic acid groups (broad SMARTS) is 1. The van der Waals surface area contributed by atoms with E-state index in [1.165, 1.54) is 36.3 Å². The molecule has 1 aromatic rings. The normalized spacial score (nSPS) is 23.9. The minimum atomic E-state index is -1.52. The van der Waals surface area contributed by atoms with Crippen LogP contribution in [0.2, 0.25) is 0 Å². The number of likely N-dealkylation sites (tertiary alicyclic amines) is 1. The van der Waals surface area contributed by atoms with Crippen LogP contribution in [0.4, 0.5) is 10.5 Å². The minimum Gasteiger partial charge on any atom is -0.543 e. The fraction of sp³-hybridized carbons (Fsp3) is 0.368. The standard InChI is InChI=1S/C19H19N3O7.Na/c1-29-13(24)8-12-11-6-7-21(19(28)20-9-2-4-10(23)5-3-9)16-14(11)22(17(16)25)15(12)18(26)27;/h2-5,11,14,16,23H,6-8H2,1H3,(H,20,28)(H,26,27);/q;+1/p-1/t11?,14-,16+;/m1./s1. The van der Waals surface area contributed by atoms with Crippen molar-refractivity contribution >= 4 is 29.6 Å². The van der Waals surface area contributed by atoms with Gasteiger partial charge in [-0.25, -0.2) is 4.79 Å². The van der Waals surface area contributed by atoms with Gasteiger partial charge in [0.05, 0.1) is 31.2 Å². The van der Waals surface area contributed by atoms with Crippen molar-refractivity contribution in [1.82, 2.24) is 9.80 Å². The van der Waals surface area contributed by atoms with E-state index in [-0.39, 0.29) is 59.9 Å². The number of rotatable bonds is 4. The van der Waals surface area contributed by atoms with Crippen molar-refractivity contribution in [2.45, 2.75) is 24.9 Å². The SMILES string of the molecule is COC(=O)CC1=C(C(=O)[O-])N2C(=O)[C@@H]3[C@H]2C1CCN3C(=O)Nc1ccc(O)cc1.[Na+]. The molecular formula is C19H18N3NaO7. The Morgan fingerprint density at radius 3 is 2.53 bits per heavy atom. The summed E-state index contributed by atoms with van der Waals surface area (Å²) < 4.78 is 4.65. The van der Waals surface area contributed by atoms with Gasteiger partial charge in [0.2, 0.25) is 0 Å². The molecule has 2 fully saturated rings. The van der Waals surface area contributed by atoms with E-state index in [9.17, 15) is 29.4 Å². The number of β-lactam (4-membered cyclic amide) rings is 1. The van der Waals surface area contributed by atoms with Crippen LogP contribution in [0.15, 0.2) is 35.5 Å². The number of aromatic hydroxyl groups is 1. The quantitative estimate of drug-likeness (QED) is 0.221. The van der Waals surface area contributed by atoms with Crippen LogP contribution in [0.3, 0.4) is 0 Å². The number of hydrogen-bond donors (Lipinski definition) is 2. The molecule has 1 unspecified atom stereocenters. The van der Waals surface area contributed by atoms with Crippen LogP contribution in [-0.4, -0.2) is 64.5 Å². The number of phenolic OH excluding ortho intramolecular Hbond substituents is 1. The molecule has 0 aliphatic carbocycles. The van der Waals surface area contributed by atoms with Crippen LogP contribution < -0.4 is 40.0 Å². The molecule has 2 N–H and O–H groups in total. The molecule has 0 saturated carbocycles. The summed E-state index contributed by atoms with van der Waals surface area (Å²) >= 11 is 0. The Hall–Kier alpha value is -2.56. The summed E-state index contributed by atoms with van der Waals surface area (Å²) in [5.74, 6) is -2.93. The molecule has 3 aliphatic rings. The van der Waals surface area contributed by atoms with Gasteiger partial charge in [0.15, 0.2) is 0 Å². The van der Waals surface area contributed by atoms with Crippen LogP contribution in [-0.2, 0) is 19.1 Å². The first-order valence-corrected chi connectivity index (χ1v) is 9.04. The van der Waals surface area contributed by atoms with Gasteiger partial charge in [-0.1, -0.05) is 0 Å². The molecule has 0 spiro atoms. The number of piperidine rings is 1. The maximum atomic E-state index is 12.7. The predicted octanol–water partition coefficient (Wildman–Crippen LogP) is -3.59. The van der Waals surface area contributed by atoms with Gasteiger partial charge < -0.3 is 34.9 Å². The zero-order valence-electron chi connectivity index (χ0n) is 16.5. The molecule has 3 aliphatic heterocycles. The van der Waals surface area contributed by atoms with E-state index < -0.39 is 36.0 Å². The van der Waals surface area contributed by atoms with Crippen molar-refractivity contribution in [2.24, 2.45) is 5.92 Å². The van der Waals surface area contributed by atoms with Crippen LogP contribution in [0.1, 0.15) is 12.8 Å². The Morgan fingerprint density at radius 1 is 1.27 bits per heavy atom. The number of urea groups is 1. The van der Waals surface area contributed by atoms with Crippen molar-refractivity contribution in [3.05, 3.63) is 35.5 Å². The Bertz CT molecular complexity index is 946. The van der Waals surface area contributed by atoms with Crippen LogP contribution in [0.25, 0.3) is 0 Å². The van der Waals surface area contributed by atoms with E-state index in [4.69, 9.17) is 0 Å². The second-order valence-corrected chi connectivity index (χ2v) is 7.12. The second-order valence-electron chi connectivity index (χ2n) is 7.12. The average molecular weight is 423 g/mol. The number of carbonyl (C=O) groups is 4. The van der Waals surface area contributed by atoms with Crippen LogP contribution >= 0.6 is 0 Å². The van der Waals surface area contributed by atoms with E-state index in [0.717, 1.165) is 4.90 Å². The third kappa shape index (κ3) is 3.44. The number of nitrogens with one attached hydrogen (secondary N) is 1. The zero-order chi connectivity index (χ0) is 20.9. The number of hydrogen-bond acceptors (Lipinski definition) is 7. The number of aliphatic carboxylic acids is 1. The van der Waals surface area contributed by atoms with E-state index >= 15 is 0 Å². The summed E-state index contributed by atoms with van der Waals surface area (Å²) in [6.07, 6.45) is 0.161. The fourth-order valence-electron chi connectivity index (χ4n) is 4.41. The summed E-state index contributed by atoms with van der Waals surface area (Å²) in [7, 11) is 1.20.